The summed E-state index contributed by atoms with van der Waals surface area (Å²) in [6.45, 7) is 8.48. The highest BCUT2D eigenvalue weighted by Crippen LogP contribution is 2.12. The molecule has 0 radical (unpaired) electrons. The van der Waals surface area contributed by atoms with Crippen LogP contribution in [0, 0.1) is 11.8 Å². The molecule has 2 aromatic rings. The zero-order valence-electron chi connectivity index (χ0n) is 20.2. The standard InChI is InChI=1S/C27H32FN3O4/c1-4-16-31(5-2)18-22-8-6-21(7-9-22)17-24(28)15-12-20-10-13-23(14-11-20)26(33)29-25(19(3)32)27(34)30-35/h6-11,13-14,17,19,25,32,35H,4-5,16,18H2,1-3H3,(H,29,33)(H,30,34)/b24-17+/t19-,25+/m1/s1. The van der Waals surface area contributed by atoms with E-state index >= 15 is 0 Å². The monoisotopic (exact) mass is 481 g/mol. The summed E-state index contributed by atoms with van der Waals surface area (Å²) in [5.41, 5.74) is 3.99. The molecule has 0 unspecified atom stereocenters. The maximum atomic E-state index is 14.3. The van der Waals surface area contributed by atoms with Crippen molar-refractivity contribution in [3.05, 3.63) is 76.6 Å². The van der Waals surface area contributed by atoms with Crippen molar-refractivity contribution in [2.75, 3.05) is 13.1 Å². The van der Waals surface area contributed by atoms with Gasteiger partial charge in [-0.3, -0.25) is 19.7 Å². The molecule has 2 atom stereocenters. The number of carbonyl (C=O) groups is 2. The Kier molecular flexibility index (Phi) is 11.1. The van der Waals surface area contributed by atoms with Crippen LogP contribution >= 0.6 is 0 Å². The van der Waals surface area contributed by atoms with Crippen molar-refractivity contribution < 1.29 is 24.3 Å². The lowest BCUT2D eigenvalue weighted by atomic mass is 10.1. The van der Waals surface area contributed by atoms with Crippen molar-refractivity contribution in [1.29, 1.82) is 0 Å². The molecule has 0 aliphatic rings. The minimum Gasteiger partial charge on any atom is -0.391 e. The molecule has 0 fully saturated rings. The summed E-state index contributed by atoms with van der Waals surface area (Å²) in [7, 11) is 0. The Labute approximate surface area is 205 Å². The summed E-state index contributed by atoms with van der Waals surface area (Å²) in [4.78, 5) is 26.2. The molecule has 2 rings (SSSR count). The van der Waals surface area contributed by atoms with Crippen LogP contribution in [-0.4, -0.2) is 52.3 Å². The fourth-order valence-electron chi connectivity index (χ4n) is 3.36. The van der Waals surface area contributed by atoms with Gasteiger partial charge in [-0.05, 0) is 73.8 Å². The van der Waals surface area contributed by atoms with Gasteiger partial charge >= 0.3 is 0 Å². The lowest BCUT2D eigenvalue weighted by Crippen LogP contribution is -2.51. The van der Waals surface area contributed by atoms with Gasteiger partial charge in [-0.2, -0.15) is 4.39 Å². The van der Waals surface area contributed by atoms with Crippen LogP contribution in [0.4, 0.5) is 4.39 Å². The topological polar surface area (TPSA) is 102 Å². The SMILES string of the molecule is CCCN(CC)Cc1ccc(/C=C(/F)C#Cc2ccc(C(=O)N[C@H](C(=O)NO)[C@@H](C)O)cc2)cc1. The Bertz CT molecular complexity index is 1070. The summed E-state index contributed by atoms with van der Waals surface area (Å²) < 4.78 is 14.3. The van der Waals surface area contributed by atoms with E-state index in [1.807, 2.05) is 24.3 Å². The maximum Gasteiger partial charge on any atom is 0.268 e. The number of benzene rings is 2. The lowest BCUT2D eigenvalue weighted by Gasteiger charge is -2.19. The van der Waals surface area contributed by atoms with E-state index in [9.17, 15) is 19.1 Å². The van der Waals surface area contributed by atoms with E-state index < -0.39 is 29.8 Å². The molecule has 2 aromatic carbocycles. The first-order chi connectivity index (χ1) is 16.8. The van der Waals surface area contributed by atoms with Crippen molar-refractivity contribution >= 4 is 17.9 Å². The number of nitrogens with one attached hydrogen (secondary N) is 2. The number of amides is 2. The Morgan fingerprint density at radius 3 is 2.31 bits per heavy atom. The number of hydrogen-bond acceptors (Lipinski definition) is 5. The Balaban J connectivity index is 2.01. The Hall–Kier alpha value is -3.51. The number of aliphatic hydroxyl groups excluding tert-OH is 1. The molecular formula is C27H32FN3O4. The molecular weight excluding hydrogens is 449 g/mol. The van der Waals surface area contributed by atoms with Crippen molar-refractivity contribution in [1.82, 2.24) is 15.7 Å². The number of aliphatic hydroxyl groups is 1. The molecule has 4 N–H and O–H groups in total. The second-order valence-corrected chi connectivity index (χ2v) is 8.10. The zero-order valence-corrected chi connectivity index (χ0v) is 20.2. The predicted molar refractivity (Wildman–Crippen MR) is 133 cm³/mol. The summed E-state index contributed by atoms with van der Waals surface area (Å²) in [5, 5.41) is 20.7. The van der Waals surface area contributed by atoms with E-state index in [4.69, 9.17) is 5.21 Å². The average Bonchev–Trinajstić information content (AvgIpc) is 2.86. The van der Waals surface area contributed by atoms with Gasteiger partial charge in [0.1, 0.15) is 6.04 Å². The molecule has 0 heterocycles. The fraction of sp³-hybridized carbons (Fsp3) is 0.333. The first-order valence-corrected chi connectivity index (χ1v) is 11.5. The van der Waals surface area contributed by atoms with Crippen LogP contribution in [0.5, 0.6) is 0 Å². The number of rotatable bonds is 10. The molecule has 0 aromatic heterocycles. The van der Waals surface area contributed by atoms with Gasteiger partial charge in [-0.1, -0.05) is 44.0 Å². The first kappa shape index (κ1) is 27.7. The molecule has 0 aliphatic carbocycles. The van der Waals surface area contributed by atoms with E-state index in [1.54, 1.807) is 12.1 Å². The van der Waals surface area contributed by atoms with Gasteiger partial charge in [0.15, 0.2) is 5.83 Å². The van der Waals surface area contributed by atoms with Crippen molar-refractivity contribution in [2.45, 2.75) is 45.9 Å². The van der Waals surface area contributed by atoms with Gasteiger partial charge < -0.3 is 10.4 Å². The molecule has 0 saturated carbocycles. The molecule has 186 valence electrons. The third-order valence-electron chi connectivity index (χ3n) is 5.30. The smallest absolute Gasteiger partial charge is 0.268 e. The number of carbonyl (C=O) groups excluding carboxylic acids is 2. The Morgan fingerprint density at radius 2 is 1.77 bits per heavy atom. The highest BCUT2D eigenvalue weighted by Gasteiger charge is 2.25. The molecule has 35 heavy (non-hydrogen) atoms. The van der Waals surface area contributed by atoms with Crippen LogP contribution in [0.2, 0.25) is 0 Å². The van der Waals surface area contributed by atoms with Crippen molar-refractivity contribution in [2.24, 2.45) is 0 Å². The van der Waals surface area contributed by atoms with Gasteiger partial charge in [-0.25, -0.2) is 5.48 Å². The quantitative estimate of drug-likeness (QED) is 0.237. The van der Waals surface area contributed by atoms with E-state index in [0.29, 0.717) is 11.1 Å². The highest BCUT2D eigenvalue weighted by atomic mass is 19.1. The van der Waals surface area contributed by atoms with E-state index in [-0.39, 0.29) is 5.56 Å². The molecule has 8 heteroatoms. The van der Waals surface area contributed by atoms with E-state index in [2.05, 4.69) is 35.9 Å². The lowest BCUT2D eigenvalue weighted by molar-refractivity contribution is -0.133. The third kappa shape index (κ3) is 8.98. The van der Waals surface area contributed by atoms with Crippen molar-refractivity contribution in [3.63, 3.8) is 0 Å². The molecule has 2 amide bonds. The van der Waals surface area contributed by atoms with Crippen LogP contribution in [0.3, 0.4) is 0 Å². The van der Waals surface area contributed by atoms with Gasteiger partial charge in [0.05, 0.1) is 6.10 Å². The third-order valence-corrected chi connectivity index (χ3v) is 5.30. The minimum absolute atomic E-state index is 0.212. The van der Waals surface area contributed by atoms with Crippen LogP contribution in [0.15, 0.2) is 54.4 Å². The summed E-state index contributed by atoms with van der Waals surface area (Å²) >= 11 is 0. The molecule has 0 aliphatic heterocycles. The minimum atomic E-state index is -1.32. The maximum absolute atomic E-state index is 14.3. The number of nitrogens with zero attached hydrogens (tertiary/aromatic N) is 1. The van der Waals surface area contributed by atoms with Gasteiger partial charge in [0.2, 0.25) is 0 Å². The second-order valence-electron chi connectivity index (χ2n) is 8.10. The molecule has 0 saturated heterocycles. The van der Waals surface area contributed by atoms with Crippen LogP contribution in [0.1, 0.15) is 54.2 Å². The van der Waals surface area contributed by atoms with Crippen LogP contribution < -0.4 is 10.8 Å². The number of hydroxylamine groups is 1. The predicted octanol–water partition coefficient (Wildman–Crippen LogP) is 3.27. The largest absolute Gasteiger partial charge is 0.391 e. The van der Waals surface area contributed by atoms with Gasteiger partial charge in [0.25, 0.3) is 11.8 Å². The summed E-state index contributed by atoms with van der Waals surface area (Å²) in [5.74, 6) is 3.02. The molecule has 0 spiro atoms. The number of hydrogen-bond donors (Lipinski definition) is 4. The second kappa shape index (κ2) is 14.0. The van der Waals surface area contributed by atoms with Gasteiger partial charge in [-0.15, -0.1) is 0 Å². The number of halogens is 1. The van der Waals surface area contributed by atoms with E-state index in [1.165, 1.54) is 36.2 Å². The molecule has 7 nitrogen and oxygen atoms in total. The summed E-state index contributed by atoms with van der Waals surface area (Å²) in [6, 6.07) is 12.4. The first-order valence-electron chi connectivity index (χ1n) is 11.5. The highest BCUT2D eigenvalue weighted by molar-refractivity contribution is 5.97. The average molecular weight is 482 g/mol. The van der Waals surface area contributed by atoms with Crippen molar-refractivity contribution in [3.8, 4) is 11.8 Å². The normalized spacial score (nSPS) is 12.9. The summed E-state index contributed by atoms with van der Waals surface area (Å²) in [6.07, 6.45) is 1.25. The van der Waals surface area contributed by atoms with Gasteiger partial charge in [0, 0.05) is 17.7 Å². The number of allylic oxidation sites excluding steroid dienone is 1. The van der Waals surface area contributed by atoms with Crippen LogP contribution in [0.25, 0.3) is 6.08 Å². The zero-order chi connectivity index (χ0) is 25.8. The molecule has 0 bridgehead atoms. The fourth-order valence-corrected chi connectivity index (χ4v) is 3.36. The Morgan fingerprint density at radius 1 is 1.11 bits per heavy atom. The van der Waals surface area contributed by atoms with E-state index in [0.717, 1.165) is 26.1 Å². The van der Waals surface area contributed by atoms with Crippen LogP contribution in [-0.2, 0) is 11.3 Å².